The van der Waals surface area contributed by atoms with Gasteiger partial charge in [-0.05, 0) is 49.4 Å². The Balaban J connectivity index is 1.70. The molecule has 1 saturated carbocycles. The number of benzene rings is 1. The summed E-state index contributed by atoms with van der Waals surface area (Å²) in [6.07, 6.45) is 3.38. The lowest BCUT2D eigenvalue weighted by atomic mass is 10.1. The summed E-state index contributed by atoms with van der Waals surface area (Å²) in [5, 5.41) is 2.87. The third-order valence-electron chi connectivity index (χ3n) is 3.20. The first kappa shape index (κ1) is 14.0. The Morgan fingerprint density at radius 1 is 1.42 bits per heavy atom. The van der Waals surface area contributed by atoms with Crippen LogP contribution in [0.15, 0.2) is 24.3 Å². The summed E-state index contributed by atoms with van der Waals surface area (Å²) < 4.78 is 5.47. The molecule has 1 aromatic rings. The zero-order chi connectivity index (χ0) is 13.5. The Morgan fingerprint density at radius 2 is 2.26 bits per heavy atom. The molecule has 4 heteroatoms. The zero-order valence-electron chi connectivity index (χ0n) is 11.2. The molecule has 1 aromatic carbocycles. The second-order valence-electron chi connectivity index (χ2n) is 5.01. The van der Waals surface area contributed by atoms with Gasteiger partial charge >= 0.3 is 0 Å². The fourth-order valence-corrected chi connectivity index (χ4v) is 1.91. The van der Waals surface area contributed by atoms with Crippen LogP contribution in [0.3, 0.4) is 0 Å². The van der Waals surface area contributed by atoms with Gasteiger partial charge in [0.1, 0.15) is 0 Å². The van der Waals surface area contributed by atoms with Gasteiger partial charge in [0.2, 0.25) is 0 Å². The molecule has 0 heterocycles. The molecule has 0 spiro atoms. The maximum atomic E-state index is 11.9. The van der Waals surface area contributed by atoms with Gasteiger partial charge in [0.05, 0.1) is 6.61 Å². The minimum Gasteiger partial charge on any atom is -0.379 e. The first-order valence-corrected chi connectivity index (χ1v) is 6.94. The van der Waals surface area contributed by atoms with E-state index in [9.17, 15) is 4.79 Å². The molecule has 0 unspecified atom stereocenters. The van der Waals surface area contributed by atoms with Crippen LogP contribution in [0.1, 0.15) is 28.8 Å². The number of hydrogen-bond acceptors (Lipinski definition) is 3. The Labute approximate surface area is 114 Å². The summed E-state index contributed by atoms with van der Waals surface area (Å²) in [5.41, 5.74) is 7.30. The maximum absolute atomic E-state index is 11.9. The largest absolute Gasteiger partial charge is 0.379 e. The molecule has 2 rings (SSSR count). The first-order valence-electron chi connectivity index (χ1n) is 6.94. The van der Waals surface area contributed by atoms with Crippen molar-refractivity contribution < 1.29 is 9.53 Å². The van der Waals surface area contributed by atoms with E-state index in [0.717, 1.165) is 24.5 Å². The van der Waals surface area contributed by atoms with Crippen molar-refractivity contribution in [2.45, 2.75) is 19.3 Å². The number of ether oxygens (including phenoxy) is 1. The number of carbonyl (C=O) groups excluding carboxylic acids is 1. The molecule has 0 aliphatic heterocycles. The molecule has 1 amide bonds. The van der Waals surface area contributed by atoms with Crippen LogP contribution >= 0.6 is 0 Å². The maximum Gasteiger partial charge on any atom is 0.251 e. The van der Waals surface area contributed by atoms with Gasteiger partial charge in [-0.1, -0.05) is 12.1 Å². The molecule has 1 aliphatic rings. The average molecular weight is 262 g/mol. The summed E-state index contributed by atoms with van der Waals surface area (Å²) in [5.74, 6) is 0.720. The van der Waals surface area contributed by atoms with Crippen LogP contribution in [0.4, 0.5) is 0 Å². The Morgan fingerprint density at radius 3 is 3.00 bits per heavy atom. The molecule has 19 heavy (non-hydrogen) atoms. The second kappa shape index (κ2) is 7.26. The van der Waals surface area contributed by atoms with E-state index >= 15 is 0 Å². The second-order valence-corrected chi connectivity index (χ2v) is 5.01. The van der Waals surface area contributed by atoms with E-state index in [2.05, 4.69) is 5.32 Å². The summed E-state index contributed by atoms with van der Waals surface area (Å²) in [7, 11) is 0. The van der Waals surface area contributed by atoms with Gasteiger partial charge in [-0.2, -0.15) is 0 Å². The van der Waals surface area contributed by atoms with Gasteiger partial charge in [0.15, 0.2) is 0 Å². The van der Waals surface area contributed by atoms with Crippen molar-refractivity contribution in [3.05, 3.63) is 35.4 Å². The number of nitrogens with two attached hydrogens (primary N) is 1. The van der Waals surface area contributed by atoms with Crippen molar-refractivity contribution in [1.29, 1.82) is 0 Å². The molecule has 0 atom stereocenters. The van der Waals surface area contributed by atoms with E-state index < -0.39 is 0 Å². The monoisotopic (exact) mass is 262 g/mol. The Hall–Kier alpha value is -1.39. The highest BCUT2D eigenvalue weighted by Crippen LogP contribution is 2.28. The molecule has 0 aromatic heterocycles. The van der Waals surface area contributed by atoms with E-state index in [1.54, 1.807) is 0 Å². The molecule has 1 aliphatic carbocycles. The van der Waals surface area contributed by atoms with Gasteiger partial charge < -0.3 is 15.8 Å². The Bertz CT molecular complexity index is 416. The lowest BCUT2D eigenvalue weighted by Gasteiger charge is -2.07. The third-order valence-corrected chi connectivity index (χ3v) is 3.20. The molecular weight excluding hydrogens is 240 g/mol. The number of rotatable bonds is 8. The van der Waals surface area contributed by atoms with Gasteiger partial charge in [-0.25, -0.2) is 0 Å². The van der Waals surface area contributed by atoms with E-state index in [4.69, 9.17) is 10.5 Å². The van der Waals surface area contributed by atoms with Crippen LogP contribution in [0.25, 0.3) is 0 Å². The number of amides is 1. The lowest BCUT2D eigenvalue weighted by molar-refractivity contribution is 0.0906. The van der Waals surface area contributed by atoms with Crippen molar-refractivity contribution in [2.75, 3.05) is 26.3 Å². The van der Waals surface area contributed by atoms with Gasteiger partial charge in [-0.15, -0.1) is 0 Å². The van der Waals surface area contributed by atoms with Gasteiger partial charge in [0, 0.05) is 18.7 Å². The summed E-state index contributed by atoms with van der Waals surface area (Å²) in [6, 6.07) is 7.60. The molecule has 1 fully saturated rings. The van der Waals surface area contributed by atoms with Crippen LogP contribution in [0.2, 0.25) is 0 Å². The minimum atomic E-state index is -0.0473. The van der Waals surface area contributed by atoms with Crippen molar-refractivity contribution >= 4 is 5.91 Å². The summed E-state index contributed by atoms with van der Waals surface area (Å²) >= 11 is 0. The average Bonchev–Trinajstić information content (AvgIpc) is 3.23. The first-order chi connectivity index (χ1) is 9.29. The van der Waals surface area contributed by atoms with E-state index in [1.165, 1.54) is 12.8 Å². The van der Waals surface area contributed by atoms with E-state index in [-0.39, 0.29) is 5.91 Å². The standard InChI is InChI=1S/C15H22N2O2/c16-7-6-12-2-1-3-14(10-12)15(18)17-8-9-19-11-13-4-5-13/h1-3,10,13H,4-9,11,16H2,(H,17,18). The molecule has 0 saturated heterocycles. The molecule has 0 radical (unpaired) electrons. The predicted molar refractivity (Wildman–Crippen MR) is 75.1 cm³/mol. The summed E-state index contributed by atoms with van der Waals surface area (Å²) in [6.45, 7) is 2.58. The van der Waals surface area contributed by atoms with Gasteiger partial charge in [0.25, 0.3) is 5.91 Å². The van der Waals surface area contributed by atoms with Crippen LogP contribution in [-0.2, 0) is 11.2 Å². The molecule has 104 valence electrons. The van der Waals surface area contributed by atoms with Crippen LogP contribution in [-0.4, -0.2) is 32.2 Å². The zero-order valence-corrected chi connectivity index (χ0v) is 11.2. The van der Waals surface area contributed by atoms with Crippen molar-refractivity contribution in [3.63, 3.8) is 0 Å². The molecular formula is C15H22N2O2. The Kier molecular flexibility index (Phi) is 5.36. The highest BCUT2D eigenvalue weighted by molar-refractivity contribution is 5.94. The molecule has 3 N–H and O–H groups in total. The lowest BCUT2D eigenvalue weighted by Crippen LogP contribution is -2.27. The van der Waals surface area contributed by atoms with E-state index in [0.29, 0.717) is 25.3 Å². The third kappa shape index (κ3) is 5.01. The number of nitrogens with one attached hydrogen (secondary N) is 1. The van der Waals surface area contributed by atoms with Gasteiger partial charge in [-0.3, -0.25) is 4.79 Å². The highest BCUT2D eigenvalue weighted by atomic mass is 16.5. The number of carbonyl (C=O) groups is 1. The SMILES string of the molecule is NCCc1cccc(C(=O)NCCOCC2CC2)c1. The van der Waals surface area contributed by atoms with Crippen LogP contribution in [0.5, 0.6) is 0 Å². The quantitative estimate of drug-likeness (QED) is 0.695. The fourth-order valence-electron chi connectivity index (χ4n) is 1.91. The molecule has 4 nitrogen and oxygen atoms in total. The van der Waals surface area contributed by atoms with E-state index in [1.807, 2.05) is 24.3 Å². The van der Waals surface area contributed by atoms with Crippen LogP contribution in [0, 0.1) is 5.92 Å². The van der Waals surface area contributed by atoms with Crippen molar-refractivity contribution in [1.82, 2.24) is 5.32 Å². The fraction of sp³-hybridized carbons (Fsp3) is 0.533. The normalized spacial score (nSPS) is 14.4. The number of hydrogen-bond donors (Lipinski definition) is 2. The smallest absolute Gasteiger partial charge is 0.251 e. The topological polar surface area (TPSA) is 64.4 Å². The van der Waals surface area contributed by atoms with Crippen molar-refractivity contribution in [3.8, 4) is 0 Å². The highest BCUT2D eigenvalue weighted by Gasteiger charge is 2.20. The van der Waals surface area contributed by atoms with Crippen LogP contribution < -0.4 is 11.1 Å². The minimum absolute atomic E-state index is 0.0473. The molecule has 0 bridgehead atoms. The van der Waals surface area contributed by atoms with Crippen molar-refractivity contribution in [2.24, 2.45) is 11.7 Å². The summed E-state index contributed by atoms with van der Waals surface area (Å²) in [4.78, 5) is 11.9. The predicted octanol–water partition coefficient (Wildman–Crippen LogP) is 1.34.